The molecule has 1 amide bonds. The topological polar surface area (TPSA) is 114 Å². The number of nitrogens with one attached hydrogen (secondary N) is 1. The molecular weight excluding hydrogens is 320 g/mol. The Balaban J connectivity index is 2.22. The van der Waals surface area contributed by atoms with Gasteiger partial charge >= 0.3 is 0 Å². The highest BCUT2D eigenvalue weighted by Gasteiger charge is 2.35. The van der Waals surface area contributed by atoms with E-state index in [4.69, 9.17) is 20.3 Å². The fraction of sp³-hybridized carbons (Fsp3) is 0.909. The number of ether oxygens (including phenoxy) is 2. The Labute approximate surface area is 120 Å². The van der Waals surface area contributed by atoms with E-state index >= 15 is 0 Å². The summed E-state index contributed by atoms with van der Waals surface area (Å²) in [6.07, 6.45) is -1.40. The van der Waals surface area contributed by atoms with Gasteiger partial charge in [0.1, 0.15) is 6.10 Å². The van der Waals surface area contributed by atoms with E-state index in [2.05, 4.69) is 21.2 Å². The molecule has 19 heavy (non-hydrogen) atoms. The highest BCUT2D eigenvalue weighted by molar-refractivity contribution is 9.09. The molecule has 1 heterocycles. The lowest BCUT2D eigenvalue weighted by molar-refractivity contribution is -0.236. The van der Waals surface area contributed by atoms with Gasteiger partial charge in [0.15, 0.2) is 6.29 Å². The number of amides is 1. The summed E-state index contributed by atoms with van der Waals surface area (Å²) in [5, 5.41) is 21.9. The van der Waals surface area contributed by atoms with Crippen LogP contribution in [-0.4, -0.2) is 65.7 Å². The average molecular weight is 341 g/mol. The number of hydrogen-bond acceptors (Lipinski definition) is 6. The summed E-state index contributed by atoms with van der Waals surface area (Å²) in [5.74, 6) is -0.0574. The lowest BCUT2D eigenvalue weighted by Gasteiger charge is -2.36. The zero-order chi connectivity index (χ0) is 14.3. The van der Waals surface area contributed by atoms with Gasteiger partial charge in [0.25, 0.3) is 0 Å². The van der Waals surface area contributed by atoms with Crippen LogP contribution in [-0.2, 0) is 14.3 Å². The van der Waals surface area contributed by atoms with Crippen molar-refractivity contribution in [3.63, 3.8) is 0 Å². The van der Waals surface area contributed by atoms with Gasteiger partial charge in [-0.15, -0.1) is 0 Å². The summed E-state index contributed by atoms with van der Waals surface area (Å²) >= 11 is 3.17. The van der Waals surface area contributed by atoms with Crippen LogP contribution < -0.4 is 11.1 Å². The van der Waals surface area contributed by atoms with E-state index in [0.29, 0.717) is 24.7 Å². The predicted molar refractivity (Wildman–Crippen MR) is 71.7 cm³/mol. The van der Waals surface area contributed by atoms with E-state index in [1.807, 2.05) is 0 Å². The molecule has 7 nitrogen and oxygen atoms in total. The molecular formula is C11H21BrN2O5. The number of halogens is 1. The third-order valence-electron chi connectivity index (χ3n) is 2.81. The monoisotopic (exact) mass is 340 g/mol. The van der Waals surface area contributed by atoms with Crippen molar-refractivity contribution in [2.24, 2.45) is 5.73 Å². The highest BCUT2D eigenvalue weighted by atomic mass is 79.9. The third kappa shape index (κ3) is 5.72. The van der Waals surface area contributed by atoms with Crippen LogP contribution >= 0.6 is 15.9 Å². The standard InChI is InChI=1S/C11H21BrN2O5/c12-2-1-10(17)14-3-4-18-11-7(13)5-8(16)9(6-15)19-11/h7-9,11,15-16H,1-6,13H2,(H,14,17). The molecule has 0 saturated carbocycles. The molecule has 1 aliphatic rings. The van der Waals surface area contributed by atoms with E-state index in [0.717, 1.165) is 0 Å². The maximum atomic E-state index is 11.2. The molecule has 5 N–H and O–H groups in total. The fourth-order valence-corrected chi connectivity index (χ4v) is 2.13. The Morgan fingerprint density at radius 1 is 1.58 bits per heavy atom. The Morgan fingerprint density at radius 3 is 2.95 bits per heavy atom. The second-order valence-corrected chi connectivity index (χ2v) is 5.15. The molecule has 8 heteroatoms. The first-order chi connectivity index (χ1) is 9.08. The van der Waals surface area contributed by atoms with Gasteiger partial charge in [-0.1, -0.05) is 15.9 Å². The van der Waals surface area contributed by atoms with Crippen molar-refractivity contribution in [1.82, 2.24) is 5.32 Å². The molecule has 0 aromatic heterocycles. The number of carbonyl (C=O) groups excluding carboxylic acids is 1. The number of nitrogens with two attached hydrogens (primary N) is 1. The zero-order valence-electron chi connectivity index (χ0n) is 10.6. The minimum Gasteiger partial charge on any atom is -0.394 e. The molecule has 1 rings (SSSR count). The summed E-state index contributed by atoms with van der Waals surface area (Å²) in [5.41, 5.74) is 5.79. The Kier molecular flexibility index (Phi) is 7.81. The van der Waals surface area contributed by atoms with Gasteiger partial charge in [0, 0.05) is 18.3 Å². The minimum absolute atomic E-state index is 0.0574. The summed E-state index contributed by atoms with van der Waals surface area (Å²) < 4.78 is 10.8. The number of alkyl halides is 1. The van der Waals surface area contributed by atoms with Crippen LogP contribution in [0.15, 0.2) is 0 Å². The normalized spacial score (nSPS) is 31.2. The predicted octanol–water partition coefficient (Wildman–Crippen LogP) is -1.30. The van der Waals surface area contributed by atoms with Crippen LogP contribution in [0.1, 0.15) is 12.8 Å². The second-order valence-electron chi connectivity index (χ2n) is 4.35. The van der Waals surface area contributed by atoms with Crippen molar-refractivity contribution < 1.29 is 24.5 Å². The summed E-state index contributed by atoms with van der Waals surface area (Å²) in [7, 11) is 0. The van der Waals surface area contributed by atoms with Gasteiger partial charge < -0.3 is 30.7 Å². The fourth-order valence-electron chi connectivity index (χ4n) is 1.77. The van der Waals surface area contributed by atoms with Crippen LogP contribution in [0.3, 0.4) is 0 Å². The Hall–Kier alpha value is -0.250. The van der Waals surface area contributed by atoms with Crippen molar-refractivity contribution in [2.75, 3.05) is 25.1 Å². The average Bonchev–Trinajstić information content (AvgIpc) is 2.37. The van der Waals surface area contributed by atoms with Crippen molar-refractivity contribution in [3.05, 3.63) is 0 Å². The van der Waals surface area contributed by atoms with Crippen molar-refractivity contribution in [1.29, 1.82) is 0 Å². The number of carbonyl (C=O) groups is 1. The molecule has 0 spiro atoms. The number of hydrogen-bond donors (Lipinski definition) is 4. The Morgan fingerprint density at radius 2 is 2.32 bits per heavy atom. The van der Waals surface area contributed by atoms with Crippen molar-refractivity contribution >= 4 is 21.8 Å². The first-order valence-corrected chi connectivity index (χ1v) is 7.34. The van der Waals surface area contributed by atoms with Gasteiger partial charge in [0.05, 0.1) is 25.4 Å². The molecule has 1 fully saturated rings. The van der Waals surface area contributed by atoms with Crippen LogP contribution in [0.25, 0.3) is 0 Å². The van der Waals surface area contributed by atoms with Gasteiger partial charge in [-0.2, -0.15) is 0 Å². The van der Waals surface area contributed by atoms with Crippen molar-refractivity contribution in [2.45, 2.75) is 37.4 Å². The number of rotatable bonds is 7. The van der Waals surface area contributed by atoms with Crippen LogP contribution in [0.4, 0.5) is 0 Å². The SMILES string of the molecule is NC1CC(O)C(CO)OC1OCCNC(=O)CCBr. The van der Waals surface area contributed by atoms with Gasteiger partial charge in [0.2, 0.25) is 5.91 Å². The third-order valence-corrected chi connectivity index (χ3v) is 3.21. The zero-order valence-corrected chi connectivity index (χ0v) is 12.2. The van der Waals surface area contributed by atoms with E-state index < -0.39 is 24.5 Å². The quantitative estimate of drug-likeness (QED) is 0.338. The van der Waals surface area contributed by atoms with Gasteiger partial charge in [-0.3, -0.25) is 4.79 Å². The maximum absolute atomic E-state index is 11.2. The molecule has 112 valence electrons. The first-order valence-electron chi connectivity index (χ1n) is 6.22. The van der Waals surface area contributed by atoms with Gasteiger partial charge in [-0.05, 0) is 6.42 Å². The minimum atomic E-state index is -0.779. The highest BCUT2D eigenvalue weighted by Crippen LogP contribution is 2.19. The van der Waals surface area contributed by atoms with E-state index in [9.17, 15) is 9.90 Å². The second kappa shape index (κ2) is 8.83. The maximum Gasteiger partial charge on any atom is 0.220 e. The summed E-state index contributed by atoms with van der Waals surface area (Å²) in [6, 6.07) is -0.448. The molecule has 0 bridgehead atoms. The van der Waals surface area contributed by atoms with Crippen molar-refractivity contribution in [3.8, 4) is 0 Å². The van der Waals surface area contributed by atoms with E-state index in [1.165, 1.54) is 0 Å². The summed E-state index contributed by atoms with van der Waals surface area (Å²) in [6.45, 7) is 0.348. The molecule has 4 atom stereocenters. The van der Waals surface area contributed by atoms with Crippen LogP contribution in [0.5, 0.6) is 0 Å². The lowest BCUT2D eigenvalue weighted by Crippen LogP contribution is -2.53. The summed E-state index contributed by atoms with van der Waals surface area (Å²) in [4.78, 5) is 11.2. The Bertz CT molecular complexity index is 282. The van der Waals surface area contributed by atoms with E-state index in [1.54, 1.807) is 0 Å². The molecule has 4 unspecified atom stereocenters. The molecule has 0 radical (unpaired) electrons. The molecule has 0 aromatic rings. The van der Waals surface area contributed by atoms with Crippen LogP contribution in [0.2, 0.25) is 0 Å². The largest absolute Gasteiger partial charge is 0.394 e. The lowest BCUT2D eigenvalue weighted by atomic mass is 10.0. The molecule has 1 saturated heterocycles. The van der Waals surface area contributed by atoms with Crippen LogP contribution in [0, 0.1) is 0 Å². The molecule has 0 aromatic carbocycles. The first kappa shape index (κ1) is 16.8. The smallest absolute Gasteiger partial charge is 0.220 e. The number of aliphatic hydroxyl groups excluding tert-OH is 2. The van der Waals surface area contributed by atoms with E-state index in [-0.39, 0.29) is 19.1 Å². The van der Waals surface area contributed by atoms with Gasteiger partial charge in [-0.25, -0.2) is 0 Å². The number of aliphatic hydroxyl groups is 2. The molecule has 1 aliphatic heterocycles. The molecule has 0 aliphatic carbocycles.